The summed E-state index contributed by atoms with van der Waals surface area (Å²) in [5, 5.41) is 2.93. The lowest BCUT2D eigenvalue weighted by Crippen LogP contribution is -2.13. The summed E-state index contributed by atoms with van der Waals surface area (Å²) in [6.07, 6.45) is 0. The number of halogens is 1. The smallest absolute Gasteiger partial charge is 0.255 e. The molecule has 0 aliphatic carbocycles. The number of amides is 1. The Morgan fingerprint density at radius 1 is 1.15 bits per heavy atom. The predicted octanol–water partition coefficient (Wildman–Crippen LogP) is 4.08. The van der Waals surface area contributed by atoms with Crippen molar-refractivity contribution in [1.29, 1.82) is 0 Å². The number of nitrogens with one attached hydrogen (secondary N) is 1. The molecule has 2 aromatic carbocycles. The largest absolute Gasteiger partial charge is 0.377 e. The minimum atomic E-state index is -0.106. The van der Waals surface area contributed by atoms with Crippen molar-refractivity contribution in [2.24, 2.45) is 0 Å². The van der Waals surface area contributed by atoms with Crippen molar-refractivity contribution in [1.82, 2.24) is 0 Å². The second kappa shape index (κ2) is 7.40. The fraction of sp³-hybridized carbons (Fsp3) is 0.188. The van der Waals surface area contributed by atoms with E-state index in [0.29, 0.717) is 18.8 Å². The van der Waals surface area contributed by atoms with Gasteiger partial charge in [0.25, 0.3) is 5.91 Å². The Hall–Kier alpha value is -1.40. The van der Waals surface area contributed by atoms with E-state index in [9.17, 15) is 4.79 Å². The zero-order valence-electron chi connectivity index (χ0n) is 11.2. The van der Waals surface area contributed by atoms with Crippen molar-refractivity contribution in [3.63, 3.8) is 0 Å². The van der Waals surface area contributed by atoms with Gasteiger partial charge in [0, 0.05) is 27.0 Å². The molecule has 0 atom stereocenters. The van der Waals surface area contributed by atoms with Crippen LogP contribution < -0.4 is 5.32 Å². The first-order chi connectivity index (χ1) is 9.70. The monoisotopic (exact) mass is 381 g/mol. The number of hydrogen-bond donors (Lipinski definition) is 1. The van der Waals surface area contributed by atoms with Crippen LogP contribution in [-0.4, -0.2) is 12.5 Å². The maximum Gasteiger partial charge on any atom is 0.255 e. The van der Waals surface area contributed by atoms with E-state index in [1.54, 1.807) is 0 Å². The third-order valence-electron chi connectivity index (χ3n) is 2.83. The Balaban J connectivity index is 2.13. The topological polar surface area (TPSA) is 38.3 Å². The molecule has 1 N–H and O–H groups in total. The Kier molecular flexibility index (Phi) is 5.55. The van der Waals surface area contributed by atoms with Gasteiger partial charge in [-0.15, -0.1) is 0 Å². The van der Waals surface area contributed by atoms with E-state index < -0.39 is 0 Å². The third-order valence-corrected chi connectivity index (χ3v) is 3.55. The molecule has 0 radical (unpaired) electrons. The molecule has 2 aromatic rings. The zero-order chi connectivity index (χ0) is 14.4. The van der Waals surface area contributed by atoms with Crippen LogP contribution in [0.3, 0.4) is 0 Å². The van der Waals surface area contributed by atoms with Crippen molar-refractivity contribution in [3.05, 3.63) is 63.2 Å². The van der Waals surface area contributed by atoms with Crippen LogP contribution in [-0.2, 0) is 11.3 Å². The maximum absolute atomic E-state index is 12.2. The van der Waals surface area contributed by atoms with E-state index in [4.69, 9.17) is 4.74 Å². The van der Waals surface area contributed by atoms with Gasteiger partial charge in [-0.2, -0.15) is 0 Å². The molecule has 104 valence electrons. The highest BCUT2D eigenvalue weighted by Gasteiger charge is 2.08. The molecule has 0 unspecified atom stereocenters. The van der Waals surface area contributed by atoms with Gasteiger partial charge in [0.05, 0.1) is 6.61 Å². The van der Waals surface area contributed by atoms with E-state index in [1.807, 2.05) is 55.5 Å². The molecule has 0 saturated carbocycles. The van der Waals surface area contributed by atoms with Crippen molar-refractivity contribution >= 4 is 34.2 Å². The fourth-order valence-electron chi connectivity index (χ4n) is 1.78. The van der Waals surface area contributed by atoms with E-state index in [2.05, 4.69) is 27.9 Å². The third kappa shape index (κ3) is 4.05. The molecule has 4 heteroatoms. The van der Waals surface area contributed by atoms with E-state index >= 15 is 0 Å². The SMILES string of the molecule is CCOCc1ccccc1NC(=O)c1ccc(I)cc1. The Labute approximate surface area is 132 Å². The number of ether oxygens (including phenoxy) is 1. The number of carbonyl (C=O) groups is 1. The number of hydrogen-bond acceptors (Lipinski definition) is 2. The van der Waals surface area contributed by atoms with E-state index in [0.717, 1.165) is 14.8 Å². The average molecular weight is 381 g/mol. The van der Waals surface area contributed by atoms with Crippen LogP contribution >= 0.6 is 22.6 Å². The van der Waals surface area contributed by atoms with Crippen LogP contribution in [0.15, 0.2) is 48.5 Å². The van der Waals surface area contributed by atoms with Crippen LogP contribution in [0.4, 0.5) is 5.69 Å². The molecule has 2 rings (SSSR count). The Morgan fingerprint density at radius 2 is 1.85 bits per heavy atom. The second-order valence-electron chi connectivity index (χ2n) is 4.26. The summed E-state index contributed by atoms with van der Waals surface area (Å²) in [5.74, 6) is -0.106. The predicted molar refractivity (Wildman–Crippen MR) is 88.9 cm³/mol. The van der Waals surface area contributed by atoms with Crippen LogP contribution in [0.5, 0.6) is 0 Å². The molecule has 1 amide bonds. The summed E-state index contributed by atoms with van der Waals surface area (Å²) in [6, 6.07) is 15.2. The quantitative estimate of drug-likeness (QED) is 0.793. The summed E-state index contributed by atoms with van der Waals surface area (Å²) in [5.41, 5.74) is 2.43. The van der Waals surface area contributed by atoms with Gasteiger partial charge in [-0.1, -0.05) is 18.2 Å². The lowest BCUT2D eigenvalue weighted by atomic mass is 10.1. The summed E-state index contributed by atoms with van der Waals surface area (Å²) >= 11 is 2.22. The summed E-state index contributed by atoms with van der Waals surface area (Å²) in [6.45, 7) is 3.10. The molecule has 0 spiro atoms. The Bertz CT molecular complexity index is 581. The van der Waals surface area contributed by atoms with Crippen LogP contribution in [0.1, 0.15) is 22.8 Å². The van der Waals surface area contributed by atoms with Crippen molar-refractivity contribution in [2.75, 3.05) is 11.9 Å². The number of para-hydroxylation sites is 1. The minimum absolute atomic E-state index is 0.106. The number of rotatable bonds is 5. The van der Waals surface area contributed by atoms with Crippen molar-refractivity contribution in [2.45, 2.75) is 13.5 Å². The molecule has 0 fully saturated rings. The second-order valence-corrected chi connectivity index (χ2v) is 5.50. The van der Waals surface area contributed by atoms with E-state index in [1.165, 1.54) is 0 Å². The first-order valence-electron chi connectivity index (χ1n) is 6.43. The first kappa shape index (κ1) is 15.0. The standard InChI is InChI=1S/C16H16INO2/c1-2-20-11-13-5-3-4-6-15(13)18-16(19)12-7-9-14(17)10-8-12/h3-10H,2,11H2,1H3,(H,18,19). The summed E-state index contributed by atoms with van der Waals surface area (Å²) < 4.78 is 6.52. The van der Waals surface area contributed by atoms with Gasteiger partial charge in [0.1, 0.15) is 0 Å². The number of benzene rings is 2. The molecule has 0 aliphatic heterocycles. The van der Waals surface area contributed by atoms with Crippen LogP contribution in [0, 0.1) is 3.57 Å². The van der Waals surface area contributed by atoms with Crippen LogP contribution in [0.25, 0.3) is 0 Å². The normalized spacial score (nSPS) is 10.3. The molecule has 0 heterocycles. The van der Waals surface area contributed by atoms with Gasteiger partial charge >= 0.3 is 0 Å². The molecule has 0 saturated heterocycles. The van der Waals surface area contributed by atoms with E-state index in [-0.39, 0.29) is 5.91 Å². The number of carbonyl (C=O) groups excluding carboxylic acids is 1. The minimum Gasteiger partial charge on any atom is -0.377 e. The van der Waals surface area contributed by atoms with Gasteiger partial charge in [-0.3, -0.25) is 4.79 Å². The number of anilines is 1. The van der Waals surface area contributed by atoms with Gasteiger partial charge in [0.2, 0.25) is 0 Å². The molecular formula is C16H16INO2. The fourth-order valence-corrected chi connectivity index (χ4v) is 2.14. The van der Waals surface area contributed by atoms with Crippen molar-refractivity contribution in [3.8, 4) is 0 Å². The Morgan fingerprint density at radius 3 is 2.55 bits per heavy atom. The van der Waals surface area contributed by atoms with Crippen LogP contribution in [0.2, 0.25) is 0 Å². The molecule has 0 aromatic heterocycles. The molecule has 20 heavy (non-hydrogen) atoms. The molecule has 0 bridgehead atoms. The molecular weight excluding hydrogens is 365 g/mol. The van der Waals surface area contributed by atoms with Crippen molar-refractivity contribution < 1.29 is 9.53 Å². The zero-order valence-corrected chi connectivity index (χ0v) is 13.4. The maximum atomic E-state index is 12.2. The molecule has 0 aliphatic rings. The lowest BCUT2D eigenvalue weighted by Gasteiger charge is -2.11. The van der Waals surface area contributed by atoms with Gasteiger partial charge in [-0.25, -0.2) is 0 Å². The average Bonchev–Trinajstić information content (AvgIpc) is 2.47. The summed E-state index contributed by atoms with van der Waals surface area (Å²) in [7, 11) is 0. The summed E-state index contributed by atoms with van der Waals surface area (Å²) in [4.78, 5) is 12.2. The highest BCUT2D eigenvalue weighted by molar-refractivity contribution is 14.1. The first-order valence-corrected chi connectivity index (χ1v) is 7.51. The van der Waals surface area contributed by atoms with Gasteiger partial charge in [0.15, 0.2) is 0 Å². The molecule has 3 nitrogen and oxygen atoms in total. The van der Waals surface area contributed by atoms with Gasteiger partial charge < -0.3 is 10.1 Å². The van der Waals surface area contributed by atoms with Gasteiger partial charge in [-0.05, 0) is 59.8 Å². The highest BCUT2D eigenvalue weighted by Crippen LogP contribution is 2.17. The lowest BCUT2D eigenvalue weighted by molar-refractivity contribution is 0.102. The highest BCUT2D eigenvalue weighted by atomic mass is 127.